The predicted octanol–water partition coefficient (Wildman–Crippen LogP) is 4.91. The first-order chi connectivity index (χ1) is 12.6. The van der Waals surface area contributed by atoms with Gasteiger partial charge in [0, 0.05) is 39.0 Å². The van der Waals surface area contributed by atoms with Crippen LogP contribution in [0.3, 0.4) is 0 Å². The lowest BCUT2D eigenvalue weighted by atomic mass is 9.94. The van der Waals surface area contributed by atoms with Crippen LogP contribution in [0.2, 0.25) is 0 Å². The summed E-state index contributed by atoms with van der Waals surface area (Å²) in [7, 11) is 3.97. The predicted molar refractivity (Wildman–Crippen MR) is 107 cm³/mol. The zero-order chi connectivity index (χ0) is 18.8. The van der Waals surface area contributed by atoms with Crippen LogP contribution in [0.25, 0.3) is 0 Å². The molecule has 0 unspecified atom stereocenters. The molecule has 26 heavy (non-hydrogen) atoms. The molecule has 150 valence electrons. The Bertz CT molecular complexity index is 386. The largest absolute Gasteiger partial charge is 0.343 e. The maximum Gasteiger partial charge on any atom is 0.222 e. The van der Waals surface area contributed by atoms with E-state index in [1.807, 2.05) is 23.9 Å². The maximum atomic E-state index is 12.3. The van der Waals surface area contributed by atoms with Crippen LogP contribution in [0.5, 0.6) is 0 Å². The maximum absolute atomic E-state index is 12.3. The fourth-order valence-electron chi connectivity index (χ4n) is 4.60. The van der Waals surface area contributed by atoms with Crippen molar-refractivity contribution in [3.05, 3.63) is 0 Å². The van der Waals surface area contributed by atoms with Crippen molar-refractivity contribution in [2.75, 3.05) is 14.1 Å². The van der Waals surface area contributed by atoms with Gasteiger partial charge in [0.05, 0.1) is 0 Å². The lowest BCUT2D eigenvalue weighted by Gasteiger charge is -2.31. The lowest BCUT2D eigenvalue weighted by molar-refractivity contribution is -0.133. The molecule has 0 aromatic carbocycles. The van der Waals surface area contributed by atoms with Crippen molar-refractivity contribution < 1.29 is 9.59 Å². The highest BCUT2D eigenvalue weighted by Gasteiger charge is 2.22. The minimum atomic E-state index is 0.310. The molecule has 0 spiro atoms. The lowest BCUT2D eigenvalue weighted by Crippen LogP contribution is -2.38. The van der Waals surface area contributed by atoms with Crippen molar-refractivity contribution in [3.63, 3.8) is 0 Å². The van der Waals surface area contributed by atoms with Gasteiger partial charge in [0.1, 0.15) is 0 Å². The molecule has 2 amide bonds. The smallest absolute Gasteiger partial charge is 0.222 e. The summed E-state index contributed by atoms with van der Waals surface area (Å²) in [5.74, 6) is 0.620. The molecule has 0 radical (unpaired) electrons. The molecule has 4 nitrogen and oxygen atoms in total. The van der Waals surface area contributed by atoms with Crippen LogP contribution < -0.4 is 0 Å². The van der Waals surface area contributed by atoms with Crippen molar-refractivity contribution >= 4 is 11.8 Å². The van der Waals surface area contributed by atoms with Crippen molar-refractivity contribution in [2.24, 2.45) is 0 Å². The van der Waals surface area contributed by atoms with E-state index in [4.69, 9.17) is 0 Å². The first kappa shape index (κ1) is 21.2. The van der Waals surface area contributed by atoms with Gasteiger partial charge in [-0.1, -0.05) is 51.4 Å². The average molecular weight is 365 g/mol. The Balaban J connectivity index is 1.51. The Morgan fingerprint density at radius 1 is 0.615 bits per heavy atom. The third-order valence-corrected chi connectivity index (χ3v) is 6.56. The van der Waals surface area contributed by atoms with E-state index in [2.05, 4.69) is 0 Å². The van der Waals surface area contributed by atoms with E-state index < -0.39 is 0 Å². The van der Waals surface area contributed by atoms with Crippen molar-refractivity contribution in [3.8, 4) is 0 Å². The van der Waals surface area contributed by atoms with E-state index in [0.29, 0.717) is 36.7 Å². The van der Waals surface area contributed by atoms with Crippen LogP contribution in [0.15, 0.2) is 0 Å². The molecule has 0 aromatic heterocycles. The molecule has 0 heterocycles. The van der Waals surface area contributed by atoms with Crippen molar-refractivity contribution in [1.29, 1.82) is 0 Å². The van der Waals surface area contributed by atoms with Crippen molar-refractivity contribution in [1.82, 2.24) is 9.80 Å². The molecule has 0 atom stereocenters. The molecule has 2 fully saturated rings. The Hall–Kier alpha value is -1.06. The molecule has 0 bridgehead atoms. The van der Waals surface area contributed by atoms with E-state index in [-0.39, 0.29) is 0 Å². The highest BCUT2D eigenvalue weighted by molar-refractivity contribution is 5.76. The fourth-order valence-corrected chi connectivity index (χ4v) is 4.60. The molecular weight excluding hydrogens is 324 g/mol. The minimum absolute atomic E-state index is 0.310. The Kier molecular flexibility index (Phi) is 9.49. The van der Waals surface area contributed by atoms with E-state index in [1.54, 1.807) is 0 Å². The normalized spacial score (nSPS) is 19.3. The molecule has 2 saturated carbocycles. The minimum Gasteiger partial charge on any atom is -0.343 e. The SMILES string of the molecule is CN(C(=O)CCCCCCC(=O)N(C)C1CCCCC1)C1CCCCC1. The van der Waals surface area contributed by atoms with E-state index in [1.165, 1.54) is 64.2 Å². The zero-order valence-corrected chi connectivity index (χ0v) is 17.2. The number of amides is 2. The second-order valence-corrected chi connectivity index (χ2v) is 8.51. The number of rotatable bonds is 9. The summed E-state index contributed by atoms with van der Waals surface area (Å²) >= 11 is 0. The van der Waals surface area contributed by atoms with Crippen LogP contribution >= 0.6 is 0 Å². The quantitative estimate of drug-likeness (QED) is 0.545. The van der Waals surface area contributed by atoms with Crippen molar-refractivity contribution in [2.45, 2.75) is 115 Å². The number of carbonyl (C=O) groups excluding carboxylic acids is 2. The fraction of sp³-hybridized carbons (Fsp3) is 0.909. The number of carbonyl (C=O) groups is 2. The van der Waals surface area contributed by atoms with Gasteiger partial charge in [-0.2, -0.15) is 0 Å². The van der Waals surface area contributed by atoms with E-state index in [0.717, 1.165) is 25.7 Å². The van der Waals surface area contributed by atoms with E-state index >= 15 is 0 Å². The van der Waals surface area contributed by atoms with Crippen LogP contribution in [-0.2, 0) is 9.59 Å². The molecule has 4 heteroatoms. The second-order valence-electron chi connectivity index (χ2n) is 8.51. The third-order valence-electron chi connectivity index (χ3n) is 6.56. The van der Waals surface area contributed by atoms with Gasteiger partial charge in [0.25, 0.3) is 0 Å². The topological polar surface area (TPSA) is 40.6 Å². The Labute approximate surface area is 160 Å². The van der Waals surface area contributed by atoms with Crippen LogP contribution in [0.1, 0.15) is 103 Å². The summed E-state index contributed by atoms with van der Waals surface area (Å²) in [6.07, 6.45) is 17.8. The highest BCUT2D eigenvalue weighted by Crippen LogP contribution is 2.23. The summed E-state index contributed by atoms with van der Waals surface area (Å²) in [5.41, 5.74) is 0. The monoisotopic (exact) mass is 364 g/mol. The highest BCUT2D eigenvalue weighted by atomic mass is 16.2. The Morgan fingerprint density at radius 3 is 1.31 bits per heavy atom. The summed E-state index contributed by atoms with van der Waals surface area (Å²) in [5, 5.41) is 0. The van der Waals surface area contributed by atoms with Crippen LogP contribution in [0, 0.1) is 0 Å². The molecule has 2 aliphatic rings. The third kappa shape index (κ3) is 6.92. The number of unbranched alkanes of at least 4 members (excludes halogenated alkanes) is 3. The summed E-state index contributed by atoms with van der Waals surface area (Å²) in [6.45, 7) is 0. The summed E-state index contributed by atoms with van der Waals surface area (Å²) in [6, 6.07) is 0.952. The molecule has 0 aliphatic heterocycles. The standard InChI is InChI=1S/C22H40N2O2/c1-23(19-13-7-5-8-14-19)21(25)17-11-3-4-12-18-22(26)24(2)20-15-9-6-10-16-20/h19-20H,3-18H2,1-2H3. The molecule has 0 aromatic rings. The van der Waals surface area contributed by atoms with Gasteiger partial charge in [-0.15, -0.1) is 0 Å². The molecule has 0 saturated heterocycles. The zero-order valence-electron chi connectivity index (χ0n) is 17.2. The second kappa shape index (κ2) is 11.6. The van der Waals surface area contributed by atoms with Gasteiger partial charge in [-0.25, -0.2) is 0 Å². The van der Waals surface area contributed by atoms with Crippen LogP contribution in [0.4, 0.5) is 0 Å². The average Bonchev–Trinajstić information content (AvgIpc) is 2.70. The number of nitrogens with zero attached hydrogens (tertiary/aromatic N) is 2. The van der Waals surface area contributed by atoms with E-state index in [9.17, 15) is 9.59 Å². The first-order valence-electron chi connectivity index (χ1n) is 11.1. The molecule has 2 aliphatic carbocycles. The van der Waals surface area contributed by atoms with Gasteiger partial charge in [0.15, 0.2) is 0 Å². The molecular formula is C22H40N2O2. The molecule has 0 N–H and O–H groups in total. The first-order valence-corrected chi connectivity index (χ1v) is 11.1. The van der Waals surface area contributed by atoms with Gasteiger partial charge in [0.2, 0.25) is 11.8 Å². The molecule has 2 rings (SSSR count). The number of hydrogen-bond donors (Lipinski definition) is 0. The van der Waals surface area contributed by atoms with Gasteiger partial charge in [-0.3, -0.25) is 9.59 Å². The summed E-state index contributed by atoms with van der Waals surface area (Å²) in [4.78, 5) is 28.6. The van der Waals surface area contributed by atoms with Gasteiger partial charge in [-0.05, 0) is 38.5 Å². The Morgan fingerprint density at radius 2 is 0.962 bits per heavy atom. The van der Waals surface area contributed by atoms with Crippen LogP contribution in [-0.4, -0.2) is 47.8 Å². The van der Waals surface area contributed by atoms with Gasteiger partial charge >= 0.3 is 0 Å². The van der Waals surface area contributed by atoms with Gasteiger partial charge < -0.3 is 9.80 Å². The summed E-state index contributed by atoms with van der Waals surface area (Å²) < 4.78 is 0. The number of hydrogen-bond acceptors (Lipinski definition) is 2.